The average Bonchev–Trinajstić information content (AvgIpc) is 2.40. The van der Waals surface area contributed by atoms with Crippen molar-refractivity contribution in [2.75, 3.05) is 26.2 Å². The van der Waals surface area contributed by atoms with Gasteiger partial charge in [-0.2, -0.15) is 0 Å². The molecule has 2 heterocycles. The van der Waals surface area contributed by atoms with Gasteiger partial charge in [0.05, 0.1) is 6.61 Å². The highest BCUT2D eigenvalue weighted by molar-refractivity contribution is 5.97. The Morgan fingerprint density at radius 1 is 1.50 bits per heavy atom. The van der Waals surface area contributed by atoms with E-state index in [4.69, 9.17) is 4.74 Å². The monoisotopic (exact) mass is 246 g/mol. The third-order valence-corrected chi connectivity index (χ3v) is 3.71. The SMILES string of the molecule is CCOc1cccc2c1C[C@@H]1CNCCN1C2=O. The quantitative estimate of drug-likeness (QED) is 0.848. The summed E-state index contributed by atoms with van der Waals surface area (Å²) in [6.07, 6.45) is 0.893. The van der Waals surface area contributed by atoms with E-state index >= 15 is 0 Å². The van der Waals surface area contributed by atoms with Crippen LogP contribution < -0.4 is 10.1 Å². The summed E-state index contributed by atoms with van der Waals surface area (Å²) >= 11 is 0. The van der Waals surface area contributed by atoms with E-state index in [0.29, 0.717) is 6.61 Å². The van der Waals surface area contributed by atoms with E-state index in [0.717, 1.165) is 42.9 Å². The Kier molecular flexibility index (Phi) is 2.96. The van der Waals surface area contributed by atoms with E-state index in [1.807, 2.05) is 30.0 Å². The number of fused-ring (bicyclic) bond motifs is 2. The Bertz CT molecular complexity index is 473. The summed E-state index contributed by atoms with van der Waals surface area (Å²) in [7, 11) is 0. The third-order valence-electron chi connectivity index (χ3n) is 3.71. The van der Waals surface area contributed by atoms with Crippen LogP contribution in [0.1, 0.15) is 22.8 Å². The largest absolute Gasteiger partial charge is 0.494 e. The van der Waals surface area contributed by atoms with Gasteiger partial charge in [-0.15, -0.1) is 0 Å². The zero-order valence-corrected chi connectivity index (χ0v) is 10.6. The fraction of sp³-hybridized carbons (Fsp3) is 0.500. The molecule has 1 atom stereocenters. The smallest absolute Gasteiger partial charge is 0.254 e. The second kappa shape index (κ2) is 4.61. The van der Waals surface area contributed by atoms with E-state index in [2.05, 4.69) is 5.32 Å². The maximum atomic E-state index is 12.5. The van der Waals surface area contributed by atoms with Crippen LogP contribution in [0.2, 0.25) is 0 Å². The molecule has 0 bridgehead atoms. The lowest BCUT2D eigenvalue weighted by Gasteiger charge is -2.40. The van der Waals surface area contributed by atoms with Crippen LogP contribution in [-0.2, 0) is 6.42 Å². The highest BCUT2D eigenvalue weighted by Crippen LogP contribution is 2.31. The second-order valence-electron chi connectivity index (χ2n) is 4.78. The molecular weight excluding hydrogens is 228 g/mol. The molecule has 96 valence electrons. The van der Waals surface area contributed by atoms with Crippen molar-refractivity contribution in [3.05, 3.63) is 29.3 Å². The second-order valence-corrected chi connectivity index (χ2v) is 4.78. The van der Waals surface area contributed by atoms with E-state index < -0.39 is 0 Å². The van der Waals surface area contributed by atoms with E-state index in [1.54, 1.807) is 0 Å². The Hall–Kier alpha value is -1.55. The van der Waals surface area contributed by atoms with Crippen LogP contribution in [0.5, 0.6) is 5.75 Å². The molecule has 1 aromatic carbocycles. The maximum absolute atomic E-state index is 12.5. The van der Waals surface area contributed by atoms with Crippen molar-refractivity contribution in [2.45, 2.75) is 19.4 Å². The molecule has 4 heteroatoms. The van der Waals surface area contributed by atoms with Crippen LogP contribution in [0.4, 0.5) is 0 Å². The van der Waals surface area contributed by atoms with Crippen molar-refractivity contribution in [1.82, 2.24) is 10.2 Å². The summed E-state index contributed by atoms with van der Waals surface area (Å²) < 4.78 is 5.64. The summed E-state index contributed by atoms with van der Waals surface area (Å²) in [5.41, 5.74) is 1.90. The van der Waals surface area contributed by atoms with Crippen LogP contribution in [0.15, 0.2) is 18.2 Å². The molecule has 18 heavy (non-hydrogen) atoms. The number of amides is 1. The molecule has 0 unspecified atom stereocenters. The van der Waals surface area contributed by atoms with Gasteiger partial charge in [-0.3, -0.25) is 4.79 Å². The molecule has 1 saturated heterocycles. The lowest BCUT2D eigenvalue weighted by Crippen LogP contribution is -2.56. The van der Waals surface area contributed by atoms with Gasteiger partial charge in [-0.1, -0.05) is 6.07 Å². The molecule has 3 rings (SSSR count). The molecule has 1 fully saturated rings. The Labute approximate surface area is 107 Å². The Morgan fingerprint density at radius 3 is 3.22 bits per heavy atom. The number of ether oxygens (including phenoxy) is 1. The van der Waals surface area contributed by atoms with Crippen molar-refractivity contribution in [1.29, 1.82) is 0 Å². The molecule has 0 spiro atoms. The standard InChI is InChI=1S/C14H18N2O2/c1-2-18-13-5-3-4-11-12(13)8-10-9-15-6-7-16(10)14(11)17/h3-5,10,15H,2,6-9H2,1H3/t10-/m1/s1. The minimum Gasteiger partial charge on any atom is -0.494 e. The molecule has 0 aromatic heterocycles. The summed E-state index contributed by atoms with van der Waals surface area (Å²) in [6.45, 7) is 5.19. The van der Waals surface area contributed by atoms with Gasteiger partial charge in [-0.05, 0) is 25.5 Å². The molecule has 1 amide bonds. The topological polar surface area (TPSA) is 41.6 Å². The van der Waals surface area contributed by atoms with Gasteiger partial charge in [0.25, 0.3) is 5.91 Å². The maximum Gasteiger partial charge on any atom is 0.254 e. The minimum absolute atomic E-state index is 0.157. The first-order valence-corrected chi connectivity index (χ1v) is 6.57. The summed E-state index contributed by atoms with van der Waals surface area (Å²) in [5.74, 6) is 1.03. The van der Waals surface area contributed by atoms with Gasteiger partial charge >= 0.3 is 0 Å². The lowest BCUT2D eigenvalue weighted by atomic mass is 9.91. The number of carbonyl (C=O) groups is 1. The average molecular weight is 246 g/mol. The van der Waals surface area contributed by atoms with Gasteiger partial charge in [-0.25, -0.2) is 0 Å². The van der Waals surface area contributed by atoms with Crippen LogP contribution in [0.25, 0.3) is 0 Å². The molecule has 0 radical (unpaired) electrons. The van der Waals surface area contributed by atoms with E-state index in [9.17, 15) is 4.79 Å². The first-order chi connectivity index (χ1) is 8.81. The zero-order chi connectivity index (χ0) is 12.5. The van der Waals surface area contributed by atoms with Crippen molar-refractivity contribution in [3.8, 4) is 5.75 Å². The summed E-state index contributed by atoms with van der Waals surface area (Å²) in [4.78, 5) is 14.4. The number of hydrogen-bond acceptors (Lipinski definition) is 3. The molecular formula is C14H18N2O2. The number of nitrogens with zero attached hydrogens (tertiary/aromatic N) is 1. The fourth-order valence-corrected chi connectivity index (χ4v) is 2.87. The minimum atomic E-state index is 0.157. The normalized spacial score (nSPS) is 22.4. The van der Waals surface area contributed by atoms with Crippen LogP contribution in [-0.4, -0.2) is 43.1 Å². The highest BCUT2D eigenvalue weighted by atomic mass is 16.5. The van der Waals surface area contributed by atoms with Gasteiger partial charge in [0.2, 0.25) is 0 Å². The van der Waals surface area contributed by atoms with Crippen LogP contribution >= 0.6 is 0 Å². The predicted molar refractivity (Wildman–Crippen MR) is 69.0 cm³/mol. The van der Waals surface area contributed by atoms with Crippen molar-refractivity contribution in [3.63, 3.8) is 0 Å². The van der Waals surface area contributed by atoms with Crippen molar-refractivity contribution >= 4 is 5.91 Å². The third kappa shape index (κ3) is 1.77. The van der Waals surface area contributed by atoms with Crippen LogP contribution in [0.3, 0.4) is 0 Å². The molecule has 4 nitrogen and oxygen atoms in total. The molecule has 1 aromatic rings. The first-order valence-electron chi connectivity index (χ1n) is 6.57. The predicted octanol–water partition coefficient (Wildman–Crippen LogP) is 1.06. The van der Waals surface area contributed by atoms with Crippen LogP contribution in [0, 0.1) is 0 Å². The van der Waals surface area contributed by atoms with E-state index in [1.165, 1.54) is 0 Å². The molecule has 2 aliphatic rings. The molecule has 0 saturated carbocycles. The summed E-state index contributed by atoms with van der Waals surface area (Å²) in [5, 5.41) is 3.35. The number of carbonyl (C=O) groups excluding carboxylic acids is 1. The number of benzene rings is 1. The van der Waals surface area contributed by atoms with Gasteiger partial charge < -0.3 is 15.0 Å². The number of nitrogens with one attached hydrogen (secondary N) is 1. The molecule has 1 N–H and O–H groups in total. The lowest BCUT2D eigenvalue weighted by molar-refractivity contribution is 0.0604. The number of hydrogen-bond donors (Lipinski definition) is 1. The Morgan fingerprint density at radius 2 is 2.39 bits per heavy atom. The Balaban J connectivity index is 2.01. The van der Waals surface area contributed by atoms with Gasteiger partial charge in [0, 0.05) is 36.8 Å². The van der Waals surface area contributed by atoms with Crippen molar-refractivity contribution < 1.29 is 9.53 Å². The first kappa shape index (κ1) is 11.5. The van der Waals surface area contributed by atoms with E-state index in [-0.39, 0.29) is 11.9 Å². The van der Waals surface area contributed by atoms with Crippen molar-refractivity contribution in [2.24, 2.45) is 0 Å². The van der Waals surface area contributed by atoms with Gasteiger partial charge in [0.1, 0.15) is 5.75 Å². The van der Waals surface area contributed by atoms with Gasteiger partial charge in [0.15, 0.2) is 0 Å². The summed E-state index contributed by atoms with van der Waals surface area (Å²) in [6, 6.07) is 6.06. The molecule has 2 aliphatic heterocycles. The molecule has 0 aliphatic carbocycles. The zero-order valence-electron chi connectivity index (χ0n) is 10.6. The fourth-order valence-electron chi connectivity index (χ4n) is 2.87. The number of rotatable bonds is 2. The highest BCUT2D eigenvalue weighted by Gasteiger charge is 2.35. The number of piperazine rings is 1.